The van der Waals surface area contributed by atoms with Crippen LogP contribution < -0.4 is 4.73 Å². The standard InChI is InChI=1S/C17H20N2O4/c1-11(2)19-12(3)9-15(13(19)4)16(20)10-23-17(21)14-5-7-18(22)8-6-14/h5-9,11H,10H2,1-4H3. The maximum Gasteiger partial charge on any atom is 0.339 e. The van der Waals surface area contributed by atoms with Gasteiger partial charge in [-0.25, -0.2) is 4.79 Å². The highest BCUT2D eigenvalue weighted by atomic mass is 16.5. The van der Waals surface area contributed by atoms with Crippen LogP contribution in [0.4, 0.5) is 0 Å². The van der Waals surface area contributed by atoms with E-state index in [1.807, 2.05) is 33.8 Å². The van der Waals surface area contributed by atoms with E-state index in [0.29, 0.717) is 10.3 Å². The van der Waals surface area contributed by atoms with Gasteiger partial charge in [0.05, 0.1) is 5.56 Å². The molecule has 122 valence electrons. The molecule has 0 unspecified atom stereocenters. The molecule has 0 amide bonds. The molecule has 6 heteroatoms. The molecule has 0 atom stereocenters. The van der Waals surface area contributed by atoms with Crippen LogP contribution in [0.15, 0.2) is 30.6 Å². The van der Waals surface area contributed by atoms with E-state index in [2.05, 4.69) is 4.57 Å². The van der Waals surface area contributed by atoms with Crippen LogP contribution in [-0.2, 0) is 4.74 Å². The normalized spacial score (nSPS) is 10.8. The summed E-state index contributed by atoms with van der Waals surface area (Å²) in [5, 5.41) is 10.9. The molecule has 23 heavy (non-hydrogen) atoms. The first-order valence-corrected chi connectivity index (χ1v) is 7.39. The Morgan fingerprint density at radius 2 is 1.87 bits per heavy atom. The number of carbonyl (C=O) groups excluding carboxylic acids is 2. The van der Waals surface area contributed by atoms with E-state index in [9.17, 15) is 14.8 Å². The van der Waals surface area contributed by atoms with Gasteiger partial charge in [0.1, 0.15) is 0 Å². The summed E-state index contributed by atoms with van der Waals surface area (Å²) in [6, 6.07) is 4.77. The third-order valence-electron chi connectivity index (χ3n) is 3.67. The van der Waals surface area contributed by atoms with E-state index in [0.717, 1.165) is 11.4 Å². The molecule has 0 aliphatic carbocycles. The van der Waals surface area contributed by atoms with Crippen LogP contribution in [0, 0.1) is 19.1 Å². The highest BCUT2D eigenvalue weighted by molar-refractivity contribution is 6.00. The molecule has 0 spiro atoms. The molecule has 0 saturated carbocycles. The lowest BCUT2D eigenvalue weighted by molar-refractivity contribution is -0.605. The number of rotatable bonds is 5. The number of Topliss-reactive ketones (excluding diaryl/α,β-unsaturated/α-hetero) is 1. The lowest BCUT2D eigenvalue weighted by Gasteiger charge is -2.13. The Labute approximate surface area is 134 Å². The first kappa shape index (κ1) is 16.7. The number of ketones is 1. The smallest absolute Gasteiger partial charge is 0.339 e. The second-order valence-corrected chi connectivity index (χ2v) is 5.69. The molecule has 0 radical (unpaired) electrons. The van der Waals surface area contributed by atoms with Gasteiger partial charge in [-0.05, 0) is 33.8 Å². The second-order valence-electron chi connectivity index (χ2n) is 5.69. The Kier molecular flexibility index (Phi) is 4.83. The van der Waals surface area contributed by atoms with E-state index in [1.54, 1.807) is 0 Å². The third-order valence-corrected chi connectivity index (χ3v) is 3.67. The van der Waals surface area contributed by atoms with E-state index in [1.165, 1.54) is 24.5 Å². The summed E-state index contributed by atoms with van der Waals surface area (Å²) in [4.78, 5) is 24.2. The molecule has 0 saturated heterocycles. The molecule has 0 aromatic carbocycles. The SMILES string of the molecule is Cc1cc(C(=O)COC(=O)c2cc[n+]([O-])cc2)c(C)n1C(C)C. The minimum Gasteiger partial charge on any atom is -0.619 e. The molecule has 2 heterocycles. The average molecular weight is 316 g/mol. The van der Waals surface area contributed by atoms with E-state index >= 15 is 0 Å². The van der Waals surface area contributed by atoms with Crippen molar-refractivity contribution in [2.45, 2.75) is 33.7 Å². The fourth-order valence-corrected chi connectivity index (χ4v) is 2.70. The van der Waals surface area contributed by atoms with Crippen molar-refractivity contribution in [3.05, 3.63) is 58.3 Å². The van der Waals surface area contributed by atoms with Crippen LogP contribution >= 0.6 is 0 Å². The third kappa shape index (κ3) is 3.59. The van der Waals surface area contributed by atoms with E-state index in [4.69, 9.17) is 4.74 Å². The number of aromatic nitrogens is 2. The highest BCUT2D eigenvalue weighted by Crippen LogP contribution is 2.20. The quantitative estimate of drug-likeness (QED) is 0.367. The van der Waals surface area contributed by atoms with Crippen molar-refractivity contribution in [1.29, 1.82) is 0 Å². The fourth-order valence-electron chi connectivity index (χ4n) is 2.70. The van der Waals surface area contributed by atoms with Crippen LogP contribution in [0.2, 0.25) is 0 Å². The molecule has 2 aromatic heterocycles. The minimum absolute atomic E-state index is 0.234. The first-order chi connectivity index (χ1) is 10.8. The van der Waals surface area contributed by atoms with Crippen molar-refractivity contribution >= 4 is 11.8 Å². The van der Waals surface area contributed by atoms with Gasteiger partial charge in [0, 0.05) is 35.1 Å². The Morgan fingerprint density at radius 3 is 2.39 bits per heavy atom. The van der Waals surface area contributed by atoms with Gasteiger partial charge in [0.15, 0.2) is 19.0 Å². The summed E-state index contributed by atoms with van der Waals surface area (Å²) in [5.41, 5.74) is 2.66. The van der Waals surface area contributed by atoms with Crippen LogP contribution in [0.5, 0.6) is 0 Å². The summed E-state index contributed by atoms with van der Waals surface area (Å²) < 4.78 is 7.68. The molecule has 0 fully saturated rings. The van der Waals surface area contributed by atoms with Crippen molar-refractivity contribution in [1.82, 2.24) is 4.57 Å². The van der Waals surface area contributed by atoms with Crippen LogP contribution in [0.3, 0.4) is 0 Å². The van der Waals surface area contributed by atoms with Crippen LogP contribution in [0.25, 0.3) is 0 Å². The van der Waals surface area contributed by atoms with Gasteiger partial charge in [-0.15, -0.1) is 0 Å². The Bertz CT molecular complexity index is 730. The predicted molar refractivity (Wildman–Crippen MR) is 84.3 cm³/mol. The molecule has 2 rings (SSSR count). The zero-order valence-electron chi connectivity index (χ0n) is 13.7. The van der Waals surface area contributed by atoms with Gasteiger partial charge in [-0.3, -0.25) is 4.79 Å². The van der Waals surface area contributed by atoms with Gasteiger partial charge < -0.3 is 14.5 Å². The number of hydrogen-bond acceptors (Lipinski definition) is 4. The van der Waals surface area contributed by atoms with Crippen molar-refractivity contribution in [3.63, 3.8) is 0 Å². The summed E-state index contributed by atoms with van der Waals surface area (Å²) in [6.45, 7) is 7.59. The van der Waals surface area contributed by atoms with E-state index in [-0.39, 0.29) is 24.0 Å². The summed E-state index contributed by atoms with van der Waals surface area (Å²) in [7, 11) is 0. The summed E-state index contributed by atoms with van der Waals surface area (Å²) in [6.07, 6.45) is 2.41. The second kappa shape index (κ2) is 6.64. The number of hydrogen-bond donors (Lipinski definition) is 0. The number of aryl methyl sites for hydroxylation is 1. The number of esters is 1. The molecule has 2 aromatic rings. The van der Waals surface area contributed by atoms with Gasteiger partial charge in [0.25, 0.3) is 0 Å². The van der Waals surface area contributed by atoms with E-state index < -0.39 is 5.97 Å². The largest absolute Gasteiger partial charge is 0.619 e. The van der Waals surface area contributed by atoms with Crippen molar-refractivity contribution in [3.8, 4) is 0 Å². The van der Waals surface area contributed by atoms with Gasteiger partial charge >= 0.3 is 5.97 Å². The van der Waals surface area contributed by atoms with Crippen LogP contribution in [0.1, 0.15) is 52.0 Å². The lowest BCUT2D eigenvalue weighted by atomic mass is 10.1. The van der Waals surface area contributed by atoms with Crippen LogP contribution in [-0.4, -0.2) is 22.9 Å². The van der Waals surface area contributed by atoms with Gasteiger partial charge in [0.2, 0.25) is 5.78 Å². The maximum absolute atomic E-state index is 12.3. The molecular weight excluding hydrogens is 296 g/mol. The van der Waals surface area contributed by atoms with Crippen molar-refractivity contribution in [2.24, 2.45) is 0 Å². The molecular formula is C17H20N2O4. The molecule has 0 aliphatic rings. The van der Waals surface area contributed by atoms with Crippen molar-refractivity contribution in [2.75, 3.05) is 6.61 Å². The monoisotopic (exact) mass is 316 g/mol. The molecule has 0 aliphatic heterocycles. The Morgan fingerprint density at radius 1 is 1.26 bits per heavy atom. The molecule has 6 nitrogen and oxygen atoms in total. The predicted octanol–water partition coefficient (Wildman–Crippen LogP) is 2.36. The number of pyridine rings is 1. The molecule has 0 N–H and O–H groups in total. The Balaban J connectivity index is 2.07. The number of carbonyl (C=O) groups is 2. The van der Waals surface area contributed by atoms with Crippen molar-refractivity contribution < 1.29 is 19.1 Å². The average Bonchev–Trinajstić information content (AvgIpc) is 2.80. The topological polar surface area (TPSA) is 75.2 Å². The number of ether oxygens (including phenoxy) is 1. The lowest BCUT2D eigenvalue weighted by Crippen LogP contribution is -2.24. The zero-order valence-corrected chi connectivity index (χ0v) is 13.7. The first-order valence-electron chi connectivity index (χ1n) is 7.39. The summed E-state index contributed by atoms with van der Waals surface area (Å²) in [5.74, 6) is -0.871. The van der Waals surface area contributed by atoms with Gasteiger partial charge in [-0.2, -0.15) is 4.73 Å². The molecule has 0 bridgehead atoms. The number of nitrogens with zero attached hydrogens (tertiary/aromatic N) is 2. The fraction of sp³-hybridized carbons (Fsp3) is 0.353. The zero-order chi connectivity index (χ0) is 17.1. The minimum atomic E-state index is -0.628. The maximum atomic E-state index is 12.3. The highest BCUT2D eigenvalue weighted by Gasteiger charge is 2.19. The Hall–Kier alpha value is -2.63. The summed E-state index contributed by atoms with van der Waals surface area (Å²) >= 11 is 0. The van der Waals surface area contributed by atoms with Gasteiger partial charge in [-0.1, -0.05) is 0 Å².